The molecule has 3 aromatic heterocycles. The molecular formula is C19H16F6N6OS. The van der Waals surface area contributed by atoms with Crippen LogP contribution in [-0.2, 0) is 19.3 Å². The van der Waals surface area contributed by atoms with Crippen molar-refractivity contribution in [3.05, 3.63) is 62.7 Å². The first-order chi connectivity index (χ1) is 15.5. The predicted octanol–water partition coefficient (Wildman–Crippen LogP) is 3.82. The maximum atomic E-state index is 12.7. The Hall–Kier alpha value is -3.16. The summed E-state index contributed by atoms with van der Waals surface area (Å²) in [6.07, 6.45) is -2.56. The maximum absolute atomic E-state index is 12.7. The summed E-state index contributed by atoms with van der Waals surface area (Å²) < 4.78 is 77.7. The van der Waals surface area contributed by atoms with E-state index in [0.717, 1.165) is 20.9 Å². The molecule has 4 rings (SSSR count). The second kappa shape index (κ2) is 8.65. The van der Waals surface area contributed by atoms with E-state index >= 15 is 0 Å². The highest BCUT2D eigenvalue weighted by Gasteiger charge is 2.32. The van der Waals surface area contributed by atoms with Gasteiger partial charge in [-0.05, 0) is 24.1 Å². The molecule has 0 amide bonds. The van der Waals surface area contributed by atoms with Crippen LogP contribution in [0.15, 0.2) is 41.7 Å². The first-order valence-corrected chi connectivity index (χ1v) is 10.4. The van der Waals surface area contributed by atoms with Gasteiger partial charge in [-0.3, -0.25) is 9.25 Å². The van der Waals surface area contributed by atoms with Gasteiger partial charge >= 0.3 is 18.0 Å². The number of hydrogen-bond donors (Lipinski definition) is 0. The summed E-state index contributed by atoms with van der Waals surface area (Å²) in [6.45, 7) is -0.478. The lowest BCUT2D eigenvalue weighted by Crippen LogP contribution is -2.33. The molecule has 0 fully saturated rings. The van der Waals surface area contributed by atoms with Gasteiger partial charge in [-0.1, -0.05) is 6.08 Å². The van der Waals surface area contributed by atoms with Crippen LogP contribution in [0.5, 0.6) is 0 Å². The number of hydrogen-bond acceptors (Lipinski definition) is 6. The Morgan fingerprint density at radius 2 is 1.91 bits per heavy atom. The fourth-order valence-electron chi connectivity index (χ4n) is 3.31. The van der Waals surface area contributed by atoms with Crippen LogP contribution in [-0.4, -0.2) is 43.6 Å². The molecule has 0 radical (unpaired) electrons. The number of rotatable bonds is 5. The summed E-state index contributed by atoms with van der Waals surface area (Å²) >= 11 is 0.551. The summed E-state index contributed by atoms with van der Waals surface area (Å²) in [5, 5.41) is 3.74. The van der Waals surface area contributed by atoms with Crippen molar-refractivity contribution in [1.82, 2.24) is 24.3 Å². The molecule has 0 spiro atoms. The highest BCUT2D eigenvalue weighted by molar-refractivity contribution is 7.12. The van der Waals surface area contributed by atoms with Crippen molar-refractivity contribution < 1.29 is 26.3 Å². The topological polar surface area (TPSA) is 68.8 Å². The summed E-state index contributed by atoms with van der Waals surface area (Å²) in [4.78, 5) is 21.7. The molecule has 33 heavy (non-hydrogen) atoms. The second-order valence-electron chi connectivity index (χ2n) is 7.30. The van der Waals surface area contributed by atoms with E-state index in [1.54, 1.807) is 11.0 Å². The van der Waals surface area contributed by atoms with E-state index in [9.17, 15) is 31.1 Å². The molecule has 0 saturated heterocycles. The molecule has 0 aromatic carbocycles. The standard InChI is InChI=1S/C19H16F6N6OS/c20-18(21,22)10-31-8-13(7-27-31)12-3-5-29(6-4-12)16-26-11-30(17(32)28-16)9-14-1-2-15(33-14)19(23,24)25/h1-3,7-8,11H,4-6,9-10H2. The van der Waals surface area contributed by atoms with Crippen LogP contribution < -0.4 is 10.6 Å². The molecule has 0 bridgehead atoms. The van der Waals surface area contributed by atoms with Gasteiger partial charge in [0, 0.05) is 29.7 Å². The number of alkyl halides is 6. The van der Waals surface area contributed by atoms with Gasteiger partial charge in [0.2, 0.25) is 5.95 Å². The lowest BCUT2D eigenvalue weighted by atomic mass is 10.0. The molecule has 1 aliphatic rings. The summed E-state index contributed by atoms with van der Waals surface area (Å²) in [5.74, 6) is 0.168. The lowest BCUT2D eigenvalue weighted by Gasteiger charge is -2.26. The maximum Gasteiger partial charge on any atom is 0.425 e. The molecule has 0 aliphatic carbocycles. The minimum atomic E-state index is -4.44. The van der Waals surface area contributed by atoms with E-state index in [1.807, 2.05) is 0 Å². The van der Waals surface area contributed by atoms with Gasteiger partial charge in [-0.2, -0.15) is 36.4 Å². The Bertz CT molecular complexity index is 1220. The Morgan fingerprint density at radius 1 is 1.12 bits per heavy atom. The monoisotopic (exact) mass is 490 g/mol. The van der Waals surface area contributed by atoms with E-state index in [4.69, 9.17) is 0 Å². The van der Waals surface area contributed by atoms with Crippen molar-refractivity contribution in [2.24, 2.45) is 0 Å². The van der Waals surface area contributed by atoms with Crippen molar-refractivity contribution >= 4 is 22.9 Å². The second-order valence-corrected chi connectivity index (χ2v) is 8.47. The summed E-state index contributed by atoms with van der Waals surface area (Å²) in [7, 11) is 0. The molecule has 0 saturated carbocycles. The van der Waals surface area contributed by atoms with E-state index in [-0.39, 0.29) is 12.5 Å². The highest BCUT2D eigenvalue weighted by Crippen LogP contribution is 2.34. The Morgan fingerprint density at radius 3 is 2.52 bits per heavy atom. The van der Waals surface area contributed by atoms with Crippen LogP contribution in [0.4, 0.5) is 32.3 Å². The average molecular weight is 490 g/mol. The normalized spacial score (nSPS) is 15.1. The molecule has 0 N–H and O–H groups in total. The number of thiophene rings is 1. The van der Waals surface area contributed by atoms with Gasteiger partial charge in [-0.15, -0.1) is 11.3 Å². The van der Waals surface area contributed by atoms with Gasteiger partial charge in [0.15, 0.2) is 0 Å². The van der Waals surface area contributed by atoms with Crippen LogP contribution in [0.3, 0.4) is 0 Å². The molecule has 7 nitrogen and oxygen atoms in total. The van der Waals surface area contributed by atoms with Crippen LogP contribution in [0.2, 0.25) is 0 Å². The third kappa shape index (κ3) is 5.61. The molecule has 0 atom stereocenters. The van der Waals surface area contributed by atoms with Crippen molar-refractivity contribution in [1.29, 1.82) is 0 Å². The van der Waals surface area contributed by atoms with Crippen molar-refractivity contribution in [2.45, 2.75) is 31.9 Å². The van der Waals surface area contributed by atoms with Crippen molar-refractivity contribution in [3.63, 3.8) is 0 Å². The molecule has 4 heterocycles. The van der Waals surface area contributed by atoms with Crippen LogP contribution >= 0.6 is 11.3 Å². The third-order valence-electron chi connectivity index (χ3n) is 4.86. The zero-order chi connectivity index (χ0) is 23.8. The lowest BCUT2D eigenvalue weighted by molar-refractivity contribution is -0.142. The fourth-order valence-corrected chi connectivity index (χ4v) is 4.18. The molecule has 176 valence electrons. The molecule has 0 unspecified atom stereocenters. The molecule has 14 heteroatoms. The number of halogens is 6. The Kier molecular flexibility index (Phi) is 6.03. The Balaban J connectivity index is 1.42. The SMILES string of the molecule is O=c1nc(N2CC=C(c3cnn(CC(F)(F)F)c3)CC2)ncn1Cc1ccc(C(F)(F)F)s1. The summed E-state index contributed by atoms with van der Waals surface area (Å²) in [5.41, 5.74) is 0.765. The van der Waals surface area contributed by atoms with Gasteiger partial charge < -0.3 is 4.90 Å². The Labute approximate surface area is 186 Å². The first kappa shape index (κ1) is 23.0. The largest absolute Gasteiger partial charge is 0.425 e. The van der Waals surface area contributed by atoms with Gasteiger partial charge in [-0.25, -0.2) is 9.78 Å². The van der Waals surface area contributed by atoms with E-state index in [0.29, 0.717) is 41.3 Å². The van der Waals surface area contributed by atoms with Crippen molar-refractivity contribution in [3.8, 4) is 0 Å². The minimum absolute atomic E-state index is 0.0776. The quantitative estimate of drug-likeness (QED) is 0.509. The van der Waals surface area contributed by atoms with Gasteiger partial charge in [0.05, 0.1) is 12.7 Å². The van der Waals surface area contributed by atoms with Gasteiger partial charge in [0.25, 0.3) is 0 Å². The average Bonchev–Trinajstić information content (AvgIpc) is 3.38. The fraction of sp³-hybridized carbons (Fsp3) is 0.368. The number of nitrogens with zero attached hydrogens (tertiary/aromatic N) is 6. The minimum Gasteiger partial charge on any atom is -0.337 e. The van der Waals surface area contributed by atoms with E-state index in [1.165, 1.54) is 24.8 Å². The molecule has 3 aromatic rings. The molecule has 1 aliphatic heterocycles. The van der Waals surface area contributed by atoms with Gasteiger partial charge in [0.1, 0.15) is 17.7 Å². The number of anilines is 1. The predicted molar refractivity (Wildman–Crippen MR) is 108 cm³/mol. The van der Waals surface area contributed by atoms with Crippen LogP contribution in [0, 0.1) is 0 Å². The molecular weight excluding hydrogens is 474 g/mol. The smallest absolute Gasteiger partial charge is 0.337 e. The third-order valence-corrected chi connectivity index (χ3v) is 5.97. The van der Waals surface area contributed by atoms with E-state index < -0.39 is 29.5 Å². The highest BCUT2D eigenvalue weighted by atomic mass is 32.1. The van der Waals surface area contributed by atoms with Crippen LogP contribution in [0.25, 0.3) is 5.57 Å². The number of aromatic nitrogens is 5. The van der Waals surface area contributed by atoms with E-state index in [2.05, 4.69) is 15.1 Å². The first-order valence-electron chi connectivity index (χ1n) is 9.61. The summed E-state index contributed by atoms with van der Waals surface area (Å²) in [6, 6.07) is 2.27. The zero-order valence-corrected chi connectivity index (χ0v) is 17.6. The van der Waals surface area contributed by atoms with Crippen LogP contribution in [0.1, 0.15) is 21.7 Å². The zero-order valence-electron chi connectivity index (χ0n) is 16.8. The van der Waals surface area contributed by atoms with Crippen molar-refractivity contribution in [2.75, 3.05) is 18.0 Å².